The normalized spacial score (nSPS) is 11.3. The Labute approximate surface area is 238 Å². The Bertz CT molecular complexity index is 1470. The van der Waals surface area contributed by atoms with E-state index in [4.69, 9.17) is 18.9 Å². The quantitative estimate of drug-likeness (QED) is 0.0696. The number of phenols is 2. The van der Waals surface area contributed by atoms with E-state index in [0.29, 0.717) is 23.5 Å². The first-order chi connectivity index (χ1) is 19.9. The summed E-state index contributed by atoms with van der Waals surface area (Å²) in [4.78, 5) is 24.4. The van der Waals surface area contributed by atoms with Gasteiger partial charge in [0.1, 0.15) is 29.6 Å². The van der Waals surface area contributed by atoms with Gasteiger partial charge in [-0.2, -0.15) is 0 Å². The van der Waals surface area contributed by atoms with E-state index >= 15 is 0 Å². The largest absolute Gasteiger partial charge is 0.508 e. The number of esters is 1. The summed E-state index contributed by atoms with van der Waals surface area (Å²) in [5.41, 5.74) is 2.43. The molecule has 1 unspecified atom stereocenters. The molecule has 4 aromatic rings. The molecule has 0 spiro atoms. The standard InChI is InChI=1S/C33H30O8/c1-2-31(36)41-32(22-40-27-14-13-25(29(34)20-27)19-23-9-5-3-6-10-23)39-18-17-38-26-15-16-28(30(35)21-26)33(37)24-11-7-4-8-12-24/h2-16,20-21,32,34-35H,1,17-19,22H2. The number of ketones is 1. The van der Waals surface area contributed by atoms with E-state index in [1.54, 1.807) is 48.5 Å². The predicted octanol–water partition coefficient (Wildman–Crippen LogP) is 5.45. The van der Waals surface area contributed by atoms with Crippen molar-refractivity contribution in [3.8, 4) is 23.0 Å². The SMILES string of the molecule is C=CC(=O)OC(COc1ccc(Cc2ccccc2)c(O)c1)OCCOc1ccc(C(=O)c2ccccc2)c(O)c1. The number of carbonyl (C=O) groups is 2. The molecule has 0 aliphatic heterocycles. The molecular weight excluding hydrogens is 524 g/mol. The maximum absolute atomic E-state index is 12.6. The van der Waals surface area contributed by atoms with Crippen molar-refractivity contribution in [2.45, 2.75) is 12.7 Å². The molecule has 0 radical (unpaired) electrons. The Morgan fingerprint density at radius 2 is 1.44 bits per heavy atom. The number of rotatable bonds is 14. The van der Waals surface area contributed by atoms with Crippen molar-refractivity contribution >= 4 is 11.8 Å². The lowest BCUT2D eigenvalue weighted by atomic mass is 10.0. The highest BCUT2D eigenvalue weighted by Gasteiger charge is 2.17. The van der Waals surface area contributed by atoms with E-state index in [0.717, 1.165) is 17.2 Å². The van der Waals surface area contributed by atoms with Crippen LogP contribution < -0.4 is 9.47 Å². The van der Waals surface area contributed by atoms with Gasteiger partial charge in [-0.25, -0.2) is 4.79 Å². The van der Waals surface area contributed by atoms with Crippen molar-refractivity contribution in [2.75, 3.05) is 19.8 Å². The van der Waals surface area contributed by atoms with Crippen LogP contribution in [0.15, 0.2) is 110 Å². The fourth-order valence-electron chi connectivity index (χ4n) is 3.93. The van der Waals surface area contributed by atoms with Gasteiger partial charge in [-0.15, -0.1) is 0 Å². The van der Waals surface area contributed by atoms with Crippen LogP contribution in [0.3, 0.4) is 0 Å². The fraction of sp³-hybridized carbons (Fsp3) is 0.152. The molecule has 0 amide bonds. The van der Waals surface area contributed by atoms with E-state index in [1.807, 2.05) is 30.3 Å². The van der Waals surface area contributed by atoms with Crippen molar-refractivity contribution in [1.82, 2.24) is 0 Å². The van der Waals surface area contributed by atoms with Gasteiger partial charge in [-0.3, -0.25) is 4.79 Å². The summed E-state index contributed by atoms with van der Waals surface area (Å²) < 4.78 is 22.2. The second-order valence-corrected chi connectivity index (χ2v) is 8.93. The Balaban J connectivity index is 1.28. The van der Waals surface area contributed by atoms with Crippen LogP contribution in [-0.2, 0) is 20.7 Å². The highest BCUT2D eigenvalue weighted by atomic mass is 16.7. The number of benzene rings is 4. The molecule has 2 N–H and O–H groups in total. The molecule has 4 rings (SSSR count). The number of phenolic OH excluding ortho intramolecular Hbond substituents is 2. The van der Waals surface area contributed by atoms with Crippen molar-refractivity contribution < 1.29 is 38.7 Å². The average molecular weight is 555 g/mol. The Hall–Kier alpha value is -5.08. The van der Waals surface area contributed by atoms with Crippen molar-refractivity contribution in [1.29, 1.82) is 0 Å². The summed E-state index contributed by atoms with van der Waals surface area (Å²) in [7, 11) is 0. The number of ether oxygens (including phenoxy) is 4. The van der Waals surface area contributed by atoms with Gasteiger partial charge >= 0.3 is 5.97 Å². The van der Waals surface area contributed by atoms with Gasteiger partial charge in [0.05, 0.1) is 12.2 Å². The lowest BCUT2D eigenvalue weighted by Crippen LogP contribution is -2.29. The van der Waals surface area contributed by atoms with Crippen LogP contribution in [0.25, 0.3) is 0 Å². The molecule has 8 heteroatoms. The zero-order valence-electron chi connectivity index (χ0n) is 22.3. The van der Waals surface area contributed by atoms with Crippen LogP contribution in [0.4, 0.5) is 0 Å². The molecule has 0 aromatic heterocycles. The molecule has 0 heterocycles. The molecule has 0 saturated carbocycles. The monoisotopic (exact) mass is 554 g/mol. The van der Waals surface area contributed by atoms with Crippen LogP contribution in [0, 0.1) is 0 Å². The summed E-state index contributed by atoms with van der Waals surface area (Å²) in [6.07, 6.45) is 0.506. The third-order valence-electron chi connectivity index (χ3n) is 6.00. The zero-order chi connectivity index (χ0) is 29.0. The molecule has 0 fully saturated rings. The van der Waals surface area contributed by atoms with Gasteiger partial charge in [-0.1, -0.05) is 73.3 Å². The van der Waals surface area contributed by atoms with Gasteiger partial charge in [0.25, 0.3) is 0 Å². The minimum absolute atomic E-state index is 0.0190. The first-order valence-electron chi connectivity index (χ1n) is 12.9. The summed E-state index contributed by atoms with van der Waals surface area (Å²) in [6, 6.07) is 27.8. The van der Waals surface area contributed by atoms with Gasteiger partial charge in [0, 0.05) is 30.2 Å². The van der Waals surface area contributed by atoms with Crippen LogP contribution >= 0.6 is 0 Å². The predicted molar refractivity (Wildman–Crippen MR) is 152 cm³/mol. The Kier molecular flexibility index (Phi) is 10.1. The second-order valence-electron chi connectivity index (χ2n) is 8.93. The van der Waals surface area contributed by atoms with E-state index < -0.39 is 12.3 Å². The summed E-state index contributed by atoms with van der Waals surface area (Å²) in [5.74, 6) is -0.410. The number of hydrogen-bond donors (Lipinski definition) is 2. The number of carbonyl (C=O) groups excluding carboxylic acids is 2. The number of hydrogen-bond acceptors (Lipinski definition) is 8. The first-order valence-corrected chi connectivity index (χ1v) is 12.9. The van der Waals surface area contributed by atoms with Gasteiger partial charge in [-0.05, 0) is 29.3 Å². The molecule has 0 saturated heterocycles. The lowest BCUT2D eigenvalue weighted by Gasteiger charge is -2.19. The topological polar surface area (TPSA) is 112 Å². The van der Waals surface area contributed by atoms with Gasteiger partial charge < -0.3 is 29.2 Å². The van der Waals surface area contributed by atoms with E-state index in [2.05, 4.69) is 6.58 Å². The fourth-order valence-corrected chi connectivity index (χ4v) is 3.93. The first kappa shape index (κ1) is 28.9. The third kappa shape index (κ3) is 8.45. The lowest BCUT2D eigenvalue weighted by molar-refractivity contribution is -0.180. The smallest absolute Gasteiger partial charge is 0.332 e. The minimum Gasteiger partial charge on any atom is -0.508 e. The van der Waals surface area contributed by atoms with Crippen LogP contribution in [0.5, 0.6) is 23.0 Å². The maximum Gasteiger partial charge on any atom is 0.332 e. The van der Waals surface area contributed by atoms with Gasteiger partial charge in [0.15, 0.2) is 12.4 Å². The molecule has 4 aromatic carbocycles. The van der Waals surface area contributed by atoms with Crippen LogP contribution in [0.2, 0.25) is 0 Å². The molecule has 41 heavy (non-hydrogen) atoms. The minimum atomic E-state index is -1.07. The van der Waals surface area contributed by atoms with Crippen LogP contribution in [-0.4, -0.2) is 48.1 Å². The third-order valence-corrected chi connectivity index (χ3v) is 6.00. The second kappa shape index (κ2) is 14.3. The Morgan fingerprint density at radius 3 is 2.12 bits per heavy atom. The van der Waals surface area contributed by atoms with Crippen molar-refractivity contribution in [3.63, 3.8) is 0 Å². The van der Waals surface area contributed by atoms with E-state index in [9.17, 15) is 19.8 Å². The highest BCUT2D eigenvalue weighted by molar-refractivity contribution is 6.10. The van der Waals surface area contributed by atoms with Crippen molar-refractivity contribution in [2.24, 2.45) is 0 Å². The summed E-state index contributed by atoms with van der Waals surface area (Å²) >= 11 is 0. The van der Waals surface area contributed by atoms with E-state index in [1.165, 1.54) is 18.2 Å². The van der Waals surface area contributed by atoms with Crippen molar-refractivity contribution in [3.05, 3.63) is 132 Å². The average Bonchev–Trinajstić information content (AvgIpc) is 2.99. The molecular formula is C33H30O8. The highest BCUT2D eigenvalue weighted by Crippen LogP contribution is 2.27. The molecule has 0 aliphatic carbocycles. The Morgan fingerprint density at radius 1 is 0.780 bits per heavy atom. The summed E-state index contributed by atoms with van der Waals surface area (Å²) in [5, 5.41) is 20.8. The van der Waals surface area contributed by atoms with Crippen LogP contribution in [0.1, 0.15) is 27.0 Å². The molecule has 1 atom stereocenters. The molecule has 210 valence electrons. The number of aromatic hydroxyl groups is 2. The molecule has 0 aliphatic rings. The summed E-state index contributed by atoms with van der Waals surface area (Å²) in [6.45, 7) is 3.33. The maximum atomic E-state index is 12.6. The molecule has 0 bridgehead atoms. The zero-order valence-corrected chi connectivity index (χ0v) is 22.3. The van der Waals surface area contributed by atoms with Gasteiger partial charge in [0.2, 0.25) is 6.29 Å². The van der Waals surface area contributed by atoms with E-state index in [-0.39, 0.29) is 42.7 Å². The molecule has 8 nitrogen and oxygen atoms in total.